The topological polar surface area (TPSA) is 104 Å². The Labute approximate surface area is 152 Å². The third kappa shape index (κ3) is 3.60. The number of nitrogens with zero attached hydrogens (tertiary/aromatic N) is 2. The maximum atomic E-state index is 12.6. The number of hydrogen-bond acceptors (Lipinski definition) is 5. The minimum atomic E-state index is -3.60. The van der Waals surface area contributed by atoms with E-state index in [2.05, 4.69) is 0 Å². The molecule has 2 atom stereocenters. The van der Waals surface area contributed by atoms with E-state index in [1.807, 2.05) is 6.92 Å². The van der Waals surface area contributed by atoms with Gasteiger partial charge in [-0.3, -0.25) is 9.59 Å². The molecule has 0 aliphatic carbocycles. The van der Waals surface area contributed by atoms with Crippen molar-refractivity contribution in [2.75, 3.05) is 39.4 Å². The number of benzene rings is 1. The number of sulfonamides is 1. The predicted octanol–water partition coefficient (Wildman–Crippen LogP) is 0.500. The largest absolute Gasteiger partial charge is 0.481 e. The molecule has 0 spiro atoms. The molecule has 0 aromatic heterocycles. The lowest BCUT2D eigenvalue weighted by atomic mass is 9.99. The van der Waals surface area contributed by atoms with E-state index in [1.54, 1.807) is 0 Å². The van der Waals surface area contributed by atoms with Crippen LogP contribution >= 0.6 is 0 Å². The Bertz CT molecular complexity index is 786. The summed E-state index contributed by atoms with van der Waals surface area (Å²) in [6.07, 6.45) is 0. The fourth-order valence-electron chi connectivity index (χ4n) is 3.34. The van der Waals surface area contributed by atoms with E-state index < -0.39 is 21.9 Å². The SMILES string of the molecule is C[C@@H]1CN(C(=O)c2ccc(S(=O)(=O)N3CCOCC3)cc2)C[C@H]1C(=O)O. The van der Waals surface area contributed by atoms with Crippen LogP contribution in [0.25, 0.3) is 0 Å². The van der Waals surface area contributed by atoms with Crippen LogP contribution in [0.15, 0.2) is 29.2 Å². The third-order valence-corrected chi connectivity index (χ3v) is 6.84. The number of carbonyl (C=O) groups is 2. The molecule has 26 heavy (non-hydrogen) atoms. The molecule has 0 bridgehead atoms. The summed E-state index contributed by atoms with van der Waals surface area (Å²) in [7, 11) is -3.60. The van der Waals surface area contributed by atoms with Crippen LogP contribution in [0.2, 0.25) is 0 Å². The maximum Gasteiger partial charge on any atom is 0.308 e. The van der Waals surface area contributed by atoms with E-state index in [0.29, 0.717) is 38.4 Å². The van der Waals surface area contributed by atoms with Gasteiger partial charge in [0.15, 0.2) is 0 Å². The van der Waals surface area contributed by atoms with Gasteiger partial charge in [0, 0.05) is 31.7 Å². The second-order valence-corrected chi connectivity index (χ2v) is 8.61. The molecule has 142 valence electrons. The van der Waals surface area contributed by atoms with Gasteiger partial charge in [-0.2, -0.15) is 4.31 Å². The van der Waals surface area contributed by atoms with Crippen molar-refractivity contribution in [2.45, 2.75) is 11.8 Å². The van der Waals surface area contributed by atoms with E-state index in [0.717, 1.165) is 0 Å². The first-order valence-corrected chi connectivity index (χ1v) is 9.95. The molecular weight excluding hydrogens is 360 g/mol. The van der Waals surface area contributed by atoms with E-state index in [4.69, 9.17) is 4.74 Å². The van der Waals surface area contributed by atoms with Gasteiger partial charge in [-0.25, -0.2) is 8.42 Å². The Kier molecular flexibility index (Phi) is 5.31. The minimum Gasteiger partial charge on any atom is -0.481 e. The van der Waals surface area contributed by atoms with E-state index in [-0.39, 0.29) is 23.3 Å². The predicted molar refractivity (Wildman–Crippen MR) is 92.2 cm³/mol. The lowest BCUT2D eigenvalue weighted by molar-refractivity contribution is -0.142. The zero-order valence-electron chi connectivity index (χ0n) is 14.5. The average Bonchev–Trinajstić information content (AvgIpc) is 3.04. The summed E-state index contributed by atoms with van der Waals surface area (Å²) >= 11 is 0. The average molecular weight is 382 g/mol. The Balaban J connectivity index is 1.73. The summed E-state index contributed by atoms with van der Waals surface area (Å²) in [5, 5.41) is 9.19. The van der Waals surface area contributed by atoms with Gasteiger partial charge in [0.2, 0.25) is 10.0 Å². The summed E-state index contributed by atoms with van der Waals surface area (Å²) in [4.78, 5) is 25.4. The van der Waals surface area contributed by atoms with Gasteiger partial charge in [-0.15, -0.1) is 0 Å². The quantitative estimate of drug-likeness (QED) is 0.813. The molecule has 2 aliphatic rings. The monoisotopic (exact) mass is 382 g/mol. The van der Waals surface area contributed by atoms with Crippen molar-refractivity contribution in [3.8, 4) is 0 Å². The van der Waals surface area contributed by atoms with Gasteiger partial charge in [-0.1, -0.05) is 6.92 Å². The molecule has 2 heterocycles. The zero-order valence-corrected chi connectivity index (χ0v) is 15.3. The summed E-state index contributed by atoms with van der Waals surface area (Å²) in [6, 6.07) is 5.81. The van der Waals surface area contributed by atoms with Gasteiger partial charge in [0.05, 0.1) is 24.0 Å². The Morgan fingerprint density at radius 2 is 1.73 bits per heavy atom. The molecule has 1 aromatic rings. The Morgan fingerprint density at radius 1 is 1.12 bits per heavy atom. The number of amides is 1. The first-order chi connectivity index (χ1) is 12.3. The summed E-state index contributed by atoms with van der Waals surface area (Å²) < 4.78 is 31.7. The number of aliphatic carboxylic acids is 1. The van der Waals surface area contributed by atoms with Crippen LogP contribution in [0, 0.1) is 11.8 Å². The van der Waals surface area contributed by atoms with Gasteiger partial charge >= 0.3 is 5.97 Å². The lowest BCUT2D eigenvalue weighted by Gasteiger charge is -2.26. The first kappa shape index (κ1) is 18.8. The highest BCUT2D eigenvalue weighted by molar-refractivity contribution is 7.89. The molecule has 0 saturated carbocycles. The van der Waals surface area contributed by atoms with E-state index in [1.165, 1.54) is 33.5 Å². The van der Waals surface area contributed by atoms with Gasteiger partial charge in [-0.05, 0) is 30.2 Å². The fraction of sp³-hybridized carbons (Fsp3) is 0.529. The van der Waals surface area contributed by atoms with Crippen molar-refractivity contribution >= 4 is 21.9 Å². The maximum absolute atomic E-state index is 12.6. The molecule has 0 unspecified atom stereocenters. The van der Waals surface area contributed by atoms with Crippen LogP contribution in [0.4, 0.5) is 0 Å². The summed E-state index contributed by atoms with van der Waals surface area (Å²) in [5.74, 6) is -1.87. The van der Waals surface area contributed by atoms with E-state index in [9.17, 15) is 23.1 Å². The van der Waals surface area contributed by atoms with Crippen molar-refractivity contribution in [3.63, 3.8) is 0 Å². The first-order valence-electron chi connectivity index (χ1n) is 8.50. The highest BCUT2D eigenvalue weighted by atomic mass is 32.2. The standard InChI is InChI=1S/C17H22N2O6S/c1-12-10-18(11-15(12)17(21)22)16(20)13-2-4-14(5-3-13)26(23,24)19-6-8-25-9-7-19/h2-5,12,15H,6-11H2,1H3,(H,21,22)/t12-,15-/m1/s1. The zero-order chi connectivity index (χ0) is 18.9. The van der Waals surface area contributed by atoms with Crippen LogP contribution < -0.4 is 0 Å². The molecule has 2 fully saturated rings. The van der Waals surface area contributed by atoms with Crippen molar-refractivity contribution < 1.29 is 27.9 Å². The highest BCUT2D eigenvalue weighted by Gasteiger charge is 2.37. The number of carboxylic acid groups (broad SMARTS) is 1. The van der Waals surface area contributed by atoms with Crippen LogP contribution in [0.3, 0.4) is 0 Å². The normalized spacial score (nSPS) is 24.6. The lowest BCUT2D eigenvalue weighted by Crippen LogP contribution is -2.40. The highest BCUT2D eigenvalue weighted by Crippen LogP contribution is 2.25. The van der Waals surface area contributed by atoms with Crippen molar-refractivity contribution in [1.82, 2.24) is 9.21 Å². The molecule has 2 aliphatic heterocycles. The van der Waals surface area contributed by atoms with Crippen LogP contribution in [0.5, 0.6) is 0 Å². The number of carboxylic acids is 1. The van der Waals surface area contributed by atoms with E-state index >= 15 is 0 Å². The Hall–Kier alpha value is -1.97. The number of morpholine rings is 1. The number of rotatable bonds is 4. The molecule has 9 heteroatoms. The van der Waals surface area contributed by atoms with Crippen molar-refractivity contribution in [2.24, 2.45) is 11.8 Å². The fourth-order valence-corrected chi connectivity index (χ4v) is 4.75. The van der Waals surface area contributed by atoms with Gasteiger partial charge in [0.1, 0.15) is 0 Å². The molecule has 1 N–H and O–H groups in total. The van der Waals surface area contributed by atoms with Crippen LogP contribution in [-0.2, 0) is 19.6 Å². The molecule has 8 nitrogen and oxygen atoms in total. The van der Waals surface area contributed by atoms with Crippen molar-refractivity contribution in [1.29, 1.82) is 0 Å². The molecule has 3 rings (SSSR count). The number of ether oxygens (including phenoxy) is 1. The Morgan fingerprint density at radius 3 is 2.27 bits per heavy atom. The molecule has 1 amide bonds. The molecular formula is C17H22N2O6S. The van der Waals surface area contributed by atoms with Crippen molar-refractivity contribution in [3.05, 3.63) is 29.8 Å². The van der Waals surface area contributed by atoms with Gasteiger partial charge in [0.25, 0.3) is 5.91 Å². The number of likely N-dealkylation sites (tertiary alicyclic amines) is 1. The molecule has 2 saturated heterocycles. The number of carbonyl (C=O) groups excluding carboxylic acids is 1. The summed E-state index contributed by atoms with van der Waals surface area (Å²) in [6.45, 7) is 3.72. The number of hydrogen-bond donors (Lipinski definition) is 1. The molecule has 0 radical (unpaired) electrons. The van der Waals surface area contributed by atoms with Crippen LogP contribution in [0.1, 0.15) is 17.3 Å². The molecule has 1 aromatic carbocycles. The van der Waals surface area contributed by atoms with Crippen LogP contribution in [-0.4, -0.2) is 74.0 Å². The summed E-state index contributed by atoms with van der Waals surface area (Å²) in [5.41, 5.74) is 0.351. The van der Waals surface area contributed by atoms with Gasteiger partial charge < -0.3 is 14.7 Å². The minimum absolute atomic E-state index is 0.113. The second-order valence-electron chi connectivity index (χ2n) is 6.67. The second kappa shape index (κ2) is 7.34. The third-order valence-electron chi connectivity index (χ3n) is 4.93. The smallest absolute Gasteiger partial charge is 0.308 e.